The highest BCUT2D eigenvalue weighted by molar-refractivity contribution is 7.92. The van der Waals surface area contributed by atoms with Gasteiger partial charge in [0.25, 0.3) is 10.0 Å². The van der Waals surface area contributed by atoms with Crippen LogP contribution in [-0.4, -0.2) is 21.5 Å². The molecule has 0 amide bonds. The van der Waals surface area contributed by atoms with Crippen molar-refractivity contribution in [2.24, 2.45) is 0 Å². The molecule has 9 heteroatoms. The zero-order valence-corrected chi connectivity index (χ0v) is 14.7. The van der Waals surface area contributed by atoms with Gasteiger partial charge in [0.2, 0.25) is 0 Å². The number of hydrogen-bond acceptors (Lipinski definition) is 4. The average Bonchev–Trinajstić information content (AvgIpc) is 2.45. The Bertz CT molecular complexity index is 848. The summed E-state index contributed by atoms with van der Waals surface area (Å²) in [7, 11) is -2.79. The van der Waals surface area contributed by atoms with Crippen LogP contribution in [0.25, 0.3) is 0 Å². The van der Waals surface area contributed by atoms with Crippen LogP contribution in [0.1, 0.15) is 10.4 Å². The molecule has 0 aliphatic heterocycles. The Morgan fingerprint density at radius 3 is 2.22 bits per heavy atom. The van der Waals surface area contributed by atoms with E-state index in [9.17, 15) is 13.2 Å². The van der Waals surface area contributed by atoms with Gasteiger partial charge in [-0.05, 0) is 36.4 Å². The molecule has 0 fully saturated rings. The largest absolute Gasteiger partial charge is 0.465 e. The lowest BCUT2D eigenvalue weighted by atomic mass is 10.2. The first-order valence-corrected chi connectivity index (χ1v) is 8.71. The molecular weight excluding hydrogens is 385 g/mol. The molecular formula is C14H10Cl3NO4S. The number of esters is 1. The van der Waals surface area contributed by atoms with Gasteiger partial charge in [-0.15, -0.1) is 0 Å². The second-order valence-electron chi connectivity index (χ2n) is 4.40. The number of carbonyl (C=O) groups excluding carboxylic acids is 1. The minimum absolute atomic E-state index is 0.0545. The van der Waals surface area contributed by atoms with E-state index >= 15 is 0 Å². The molecule has 0 saturated heterocycles. The monoisotopic (exact) mass is 393 g/mol. The first kappa shape index (κ1) is 17.9. The Balaban J connectivity index is 2.41. The van der Waals surface area contributed by atoms with Gasteiger partial charge in [0, 0.05) is 10.0 Å². The third kappa shape index (κ3) is 4.29. The second-order valence-corrected chi connectivity index (χ2v) is 7.36. The summed E-state index contributed by atoms with van der Waals surface area (Å²) in [5.74, 6) is -0.738. The molecule has 0 unspecified atom stereocenters. The number of nitrogens with one attached hydrogen (secondary N) is 1. The highest BCUT2D eigenvalue weighted by Crippen LogP contribution is 2.26. The van der Waals surface area contributed by atoms with Crippen molar-refractivity contribution in [3.8, 4) is 0 Å². The van der Waals surface area contributed by atoms with Gasteiger partial charge in [-0.25, -0.2) is 13.2 Å². The van der Waals surface area contributed by atoms with Gasteiger partial charge in [0.15, 0.2) is 0 Å². The maximum absolute atomic E-state index is 12.4. The van der Waals surface area contributed by atoms with E-state index in [1.165, 1.54) is 37.4 Å². The van der Waals surface area contributed by atoms with Crippen LogP contribution in [0.2, 0.25) is 15.1 Å². The minimum Gasteiger partial charge on any atom is -0.465 e. The average molecular weight is 395 g/mol. The van der Waals surface area contributed by atoms with Crippen molar-refractivity contribution in [3.63, 3.8) is 0 Å². The fourth-order valence-corrected chi connectivity index (χ4v) is 3.55. The molecule has 0 aliphatic rings. The molecule has 0 heterocycles. The third-order valence-electron chi connectivity index (χ3n) is 2.77. The minimum atomic E-state index is -3.96. The summed E-state index contributed by atoms with van der Waals surface area (Å²) < 4.78 is 31.7. The molecule has 5 nitrogen and oxygen atoms in total. The maximum Gasteiger partial charge on any atom is 0.339 e. The van der Waals surface area contributed by atoms with E-state index in [2.05, 4.69) is 9.46 Å². The first-order chi connectivity index (χ1) is 10.7. The SMILES string of the molecule is COC(=O)c1cc(S(=O)(=O)Nc2cc(Cl)cc(Cl)c2)ccc1Cl. The molecule has 2 rings (SSSR count). The van der Waals surface area contributed by atoms with Crippen molar-refractivity contribution in [1.82, 2.24) is 0 Å². The van der Waals surface area contributed by atoms with Gasteiger partial charge in [-0.3, -0.25) is 4.72 Å². The predicted octanol–water partition coefficient (Wildman–Crippen LogP) is 4.23. The summed E-state index contributed by atoms with van der Waals surface area (Å²) in [6.45, 7) is 0. The number of hydrogen-bond donors (Lipinski definition) is 1. The predicted molar refractivity (Wildman–Crippen MR) is 90.1 cm³/mol. The van der Waals surface area contributed by atoms with Crippen LogP contribution in [0.5, 0.6) is 0 Å². The maximum atomic E-state index is 12.4. The van der Waals surface area contributed by atoms with Gasteiger partial charge in [-0.2, -0.15) is 0 Å². The Kier molecular flexibility index (Phi) is 5.41. The van der Waals surface area contributed by atoms with Gasteiger partial charge < -0.3 is 4.74 Å². The van der Waals surface area contributed by atoms with E-state index in [-0.39, 0.29) is 31.2 Å². The summed E-state index contributed by atoms with van der Waals surface area (Å²) in [6, 6.07) is 7.97. The number of benzene rings is 2. The lowest BCUT2D eigenvalue weighted by Gasteiger charge is -2.10. The number of rotatable bonds is 4. The van der Waals surface area contributed by atoms with Gasteiger partial charge >= 0.3 is 5.97 Å². The van der Waals surface area contributed by atoms with Crippen molar-refractivity contribution >= 4 is 56.5 Å². The molecule has 0 bridgehead atoms. The molecule has 2 aromatic carbocycles. The van der Waals surface area contributed by atoms with Crippen LogP contribution in [0, 0.1) is 0 Å². The van der Waals surface area contributed by atoms with E-state index in [1.54, 1.807) is 0 Å². The fourth-order valence-electron chi connectivity index (χ4n) is 1.76. The molecule has 0 aromatic heterocycles. The summed E-state index contributed by atoms with van der Waals surface area (Å²) in [4.78, 5) is 11.5. The first-order valence-electron chi connectivity index (χ1n) is 6.10. The molecule has 0 saturated carbocycles. The number of methoxy groups -OCH3 is 1. The van der Waals surface area contributed by atoms with Crippen LogP contribution in [0.15, 0.2) is 41.3 Å². The van der Waals surface area contributed by atoms with E-state index in [0.29, 0.717) is 0 Å². The summed E-state index contributed by atoms with van der Waals surface area (Å²) in [5.41, 5.74) is 0.137. The molecule has 122 valence electrons. The quantitative estimate of drug-likeness (QED) is 0.788. The Morgan fingerprint density at radius 2 is 1.65 bits per heavy atom. The van der Waals surface area contributed by atoms with E-state index in [0.717, 1.165) is 6.07 Å². The van der Waals surface area contributed by atoms with Crippen LogP contribution in [0.3, 0.4) is 0 Å². The zero-order chi connectivity index (χ0) is 17.2. The van der Waals surface area contributed by atoms with Crippen LogP contribution >= 0.6 is 34.8 Å². The normalized spacial score (nSPS) is 11.1. The lowest BCUT2D eigenvalue weighted by molar-refractivity contribution is 0.0600. The molecule has 0 atom stereocenters. The summed E-state index contributed by atoms with van der Waals surface area (Å²) in [6.07, 6.45) is 0. The van der Waals surface area contributed by atoms with Crippen LogP contribution in [0.4, 0.5) is 5.69 Å². The number of ether oxygens (including phenoxy) is 1. The number of halogens is 3. The highest BCUT2D eigenvalue weighted by atomic mass is 35.5. The Hall–Kier alpha value is -1.47. The third-order valence-corrected chi connectivity index (χ3v) is 4.91. The molecule has 2 aromatic rings. The van der Waals surface area contributed by atoms with Gasteiger partial charge in [0.1, 0.15) is 0 Å². The van der Waals surface area contributed by atoms with Crippen LogP contribution in [-0.2, 0) is 14.8 Å². The number of carbonyl (C=O) groups is 1. The van der Waals surface area contributed by atoms with Gasteiger partial charge in [0.05, 0.1) is 28.3 Å². The standard InChI is InChI=1S/C14H10Cl3NO4S/c1-22-14(19)12-7-11(2-3-13(12)17)23(20,21)18-10-5-8(15)4-9(16)6-10/h2-7,18H,1H3. The molecule has 0 radical (unpaired) electrons. The molecule has 0 aliphatic carbocycles. The molecule has 0 spiro atoms. The summed E-state index contributed by atoms with van der Waals surface area (Å²) in [5, 5.41) is 0.643. The number of anilines is 1. The van der Waals surface area contributed by atoms with E-state index in [4.69, 9.17) is 34.8 Å². The smallest absolute Gasteiger partial charge is 0.339 e. The van der Waals surface area contributed by atoms with Crippen molar-refractivity contribution in [3.05, 3.63) is 57.0 Å². The molecule has 23 heavy (non-hydrogen) atoms. The summed E-state index contributed by atoms with van der Waals surface area (Å²) >= 11 is 17.5. The van der Waals surface area contributed by atoms with Crippen molar-refractivity contribution < 1.29 is 17.9 Å². The second kappa shape index (κ2) is 6.97. The Morgan fingerprint density at radius 1 is 1.04 bits per heavy atom. The van der Waals surface area contributed by atoms with Crippen molar-refractivity contribution in [1.29, 1.82) is 0 Å². The topological polar surface area (TPSA) is 72.5 Å². The van der Waals surface area contributed by atoms with E-state index in [1.807, 2.05) is 0 Å². The van der Waals surface area contributed by atoms with Crippen molar-refractivity contribution in [2.45, 2.75) is 4.90 Å². The fraction of sp³-hybridized carbons (Fsp3) is 0.0714. The lowest BCUT2D eigenvalue weighted by Crippen LogP contribution is -2.14. The van der Waals surface area contributed by atoms with Gasteiger partial charge in [-0.1, -0.05) is 34.8 Å². The zero-order valence-electron chi connectivity index (χ0n) is 11.6. The Labute approximate surface area is 148 Å². The van der Waals surface area contributed by atoms with Crippen molar-refractivity contribution in [2.75, 3.05) is 11.8 Å². The number of sulfonamides is 1. The van der Waals surface area contributed by atoms with E-state index < -0.39 is 16.0 Å². The molecule has 1 N–H and O–H groups in total. The highest BCUT2D eigenvalue weighted by Gasteiger charge is 2.19. The van der Waals surface area contributed by atoms with Crippen LogP contribution < -0.4 is 4.72 Å².